The van der Waals surface area contributed by atoms with Crippen LogP contribution in [0.1, 0.15) is 67.3 Å². The summed E-state index contributed by atoms with van der Waals surface area (Å²) in [5.74, 6) is 0.0416. The van der Waals surface area contributed by atoms with Crippen LogP contribution in [0, 0.1) is 13.8 Å². The topological polar surface area (TPSA) is 67.9 Å². The van der Waals surface area contributed by atoms with Crippen LogP contribution in [0.15, 0.2) is 66.7 Å². The zero-order chi connectivity index (χ0) is 30.2. The van der Waals surface area contributed by atoms with Crippen LogP contribution in [0.3, 0.4) is 0 Å². The second kappa shape index (κ2) is 14.6. The number of benzene rings is 3. The number of carbonyl (C=O) groups excluding carboxylic acids is 2. The van der Waals surface area contributed by atoms with Crippen LogP contribution in [0.5, 0.6) is 0 Å². The van der Waals surface area contributed by atoms with E-state index in [0.29, 0.717) is 25.6 Å². The quantitative estimate of drug-likeness (QED) is 0.281. The van der Waals surface area contributed by atoms with Gasteiger partial charge in [0.25, 0.3) is 0 Å². The van der Waals surface area contributed by atoms with Crippen molar-refractivity contribution in [2.45, 2.75) is 65.3 Å². The minimum absolute atomic E-state index is 0.0343. The standard InChI is InChI=1S/C36H47N5O2/c1-27-25-31(29(3)39-19-8-5-9-20-39)26-28(2)35(27)38-36(43)41-23-21-40(22-24-41)33-17-15-32(16-18-33)37-34(42)14-10-13-30-11-6-4-7-12-30/h4,6-7,11-12,15-18,25-26,29H,5,8-10,13-14,19-24H2,1-3H3,(H,37,42)(H,38,43). The number of rotatable bonds is 9. The number of nitrogens with one attached hydrogen (secondary N) is 2. The van der Waals surface area contributed by atoms with E-state index in [1.807, 2.05) is 35.2 Å². The Bertz CT molecular complexity index is 1340. The minimum atomic E-state index is -0.0343. The molecule has 1 atom stereocenters. The summed E-state index contributed by atoms with van der Waals surface area (Å²) in [5.41, 5.74) is 7.68. The van der Waals surface area contributed by atoms with Crippen molar-refractivity contribution >= 4 is 29.0 Å². The number of aryl methyl sites for hydroxylation is 3. The predicted octanol–water partition coefficient (Wildman–Crippen LogP) is 7.17. The van der Waals surface area contributed by atoms with Gasteiger partial charge in [0, 0.05) is 55.7 Å². The van der Waals surface area contributed by atoms with Gasteiger partial charge in [0.2, 0.25) is 5.91 Å². The molecule has 0 aromatic heterocycles. The van der Waals surface area contributed by atoms with Gasteiger partial charge in [0.15, 0.2) is 0 Å². The molecule has 0 bridgehead atoms. The summed E-state index contributed by atoms with van der Waals surface area (Å²) in [6, 6.07) is 23.1. The number of urea groups is 1. The van der Waals surface area contributed by atoms with Crippen LogP contribution in [0.25, 0.3) is 0 Å². The molecule has 2 heterocycles. The molecule has 2 fully saturated rings. The number of carbonyl (C=O) groups is 2. The summed E-state index contributed by atoms with van der Waals surface area (Å²) in [7, 11) is 0. The number of piperidine rings is 1. The van der Waals surface area contributed by atoms with Gasteiger partial charge >= 0.3 is 6.03 Å². The largest absolute Gasteiger partial charge is 0.368 e. The highest BCUT2D eigenvalue weighted by molar-refractivity contribution is 5.92. The molecule has 3 amide bonds. The lowest BCUT2D eigenvalue weighted by molar-refractivity contribution is -0.116. The molecule has 228 valence electrons. The first kappa shape index (κ1) is 30.6. The Labute approximate surface area is 257 Å². The Morgan fingerprint density at radius 1 is 0.791 bits per heavy atom. The maximum absolute atomic E-state index is 13.2. The fourth-order valence-corrected chi connectivity index (χ4v) is 6.38. The van der Waals surface area contributed by atoms with E-state index in [1.54, 1.807) is 0 Å². The molecule has 43 heavy (non-hydrogen) atoms. The lowest BCUT2D eigenvalue weighted by atomic mass is 9.97. The molecule has 0 radical (unpaired) electrons. The number of hydrogen-bond acceptors (Lipinski definition) is 4. The number of hydrogen-bond donors (Lipinski definition) is 2. The highest BCUT2D eigenvalue weighted by Gasteiger charge is 2.24. The highest BCUT2D eigenvalue weighted by atomic mass is 16.2. The molecule has 0 spiro atoms. The first-order valence-electron chi connectivity index (χ1n) is 16.0. The van der Waals surface area contributed by atoms with Crippen molar-refractivity contribution in [3.8, 4) is 0 Å². The number of likely N-dealkylation sites (tertiary alicyclic amines) is 1. The van der Waals surface area contributed by atoms with Gasteiger partial charge in [-0.15, -0.1) is 0 Å². The van der Waals surface area contributed by atoms with Gasteiger partial charge < -0.3 is 20.4 Å². The van der Waals surface area contributed by atoms with Crippen molar-refractivity contribution in [3.05, 3.63) is 89.0 Å². The molecule has 2 aliphatic heterocycles. The SMILES string of the molecule is Cc1cc(C(C)N2CCCCC2)cc(C)c1NC(=O)N1CCN(c2ccc(NC(=O)CCCc3ccccc3)cc2)CC1. The van der Waals surface area contributed by atoms with E-state index in [-0.39, 0.29) is 11.9 Å². The van der Waals surface area contributed by atoms with Gasteiger partial charge in [-0.25, -0.2) is 4.79 Å². The second-order valence-corrected chi connectivity index (χ2v) is 12.1. The lowest BCUT2D eigenvalue weighted by Gasteiger charge is -2.36. The molecular formula is C36H47N5O2. The first-order valence-corrected chi connectivity index (χ1v) is 16.0. The monoisotopic (exact) mass is 581 g/mol. The van der Waals surface area contributed by atoms with Crippen LogP contribution >= 0.6 is 0 Å². The summed E-state index contributed by atoms with van der Waals surface area (Å²) in [4.78, 5) is 32.4. The predicted molar refractivity (Wildman–Crippen MR) is 177 cm³/mol. The van der Waals surface area contributed by atoms with Gasteiger partial charge in [-0.3, -0.25) is 9.69 Å². The summed E-state index contributed by atoms with van der Waals surface area (Å²) in [6.07, 6.45) is 6.13. The summed E-state index contributed by atoms with van der Waals surface area (Å²) in [5, 5.41) is 6.23. The molecule has 2 aliphatic rings. The Morgan fingerprint density at radius 3 is 2.09 bits per heavy atom. The summed E-state index contributed by atoms with van der Waals surface area (Å²) >= 11 is 0. The second-order valence-electron chi connectivity index (χ2n) is 12.1. The van der Waals surface area contributed by atoms with E-state index >= 15 is 0 Å². The van der Waals surface area contributed by atoms with E-state index in [1.165, 1.54) is 43.5 Å². The number of nitrogens with zero attached hydrogens (tertiary/aromatic N) is 3. The van der Waals surface area contributed by atoms with E-state index in [4.69, 9.17) is 0 Å². The van der Waals surface area contributed by atoms with E-state index in [2.05, 4.69) is 77.6 Å². The Kier molecular flexibility index (Phi) is 10.4. The summed E-state index contributed by atoms with van der Waals surface area (Å²) < 4.78 is 0. The highest BCUT2D eigenvalue weighted by Crippen LogP contribution is 2.30. The van der Waals surface area contributed by atoms with Crippen molar-refractivity contribution < 1.29 is 9.59 Å². The normalized spacial score (nSPS) is 16.5. The molecule has 0 aliphatic carbocycles. The Morgan fingerprint density at radius 2 is 1.44 bits per heavy atom. The zero-order valence-corrected chi connectivity index (χ0v) is 26.1. The average molecular weight is 582 g/mol. The Balaban J connectivity index is 1.08. The minimum Gasteiger partial charge on any atom is -0.368 e. The van der Waals surface area contributed by atoms with E-state index in [0.717, 1.165) is 54.1 Å². The fraction of sp³-hybridized carbons (Fsp3) is 0.444. The number of anilines is 3. The molecule has 0 saturated carbocycles. The van der Waals surface area contributed by atoms with Crippen molar-refractivity contribution in [3.63, 3.8) is 0 Å². The first-order chi connectivity index (χ1) is 20.9. The summed E-state index contributed by atoms with van der Waals surface area (Å²) in [6.45, 7) is 11.7. The smallest absolute Gasteiger partial charge is 0.321 e. The third kappa shape index (κ3) is 8.17. The Hall–Kier alpha value is -3.84. The van der Waals surface area contributed by atoms with Gasteiger partial charge in [-0.1, -0.05) is 48.9 Å². The molecular weight excluding hydrogens is 534 g/mol. The fourth-order valence-electron chi connectivity index (χ4n) is 6.38. The molecule has 2 N–H and O–H groups in total. The molecule has 1 unspecified atom stereocenters. The molecule has 7 heteroatoms. The molecule has 5 rings (SSSR count). The van der Waals surface area contributed by atoms with Crippen LogP contribution in [-0.4, -0.2) is 61.0 Å². The van der Waals surface area contributed by atoms with Crippen molar-refractivity contribution in [1.29, 1.82) is 0 Å². The third-order valence-electron chi connectivity index (χ3n) is 9.00. The van der Waals surface area contributed by atoms with Crippen LogP contribution in [-0.2, 0) is 11.2 Å². The van der Waals surface area contributed by atoms with E-state index < -0.39 is 0 Å². The lowest BCUT2D eigenvalue weighted by Crippen LogP contribution is -2.50. The number of amides is 3. The average Bonchev–Trinajstić information content (AvgIpc) is 3.03. The van der Waals surface area contributed by atoms with Gasteiger partial charge in [-0.05, 0) is 106 Å². The van der Waals surface area contributed by atoms with Gasteiger partial charge in [-0.2, -0.15) is 0 Å². The van der Waals surface area contributed by atoms with Crippen LogP contribution in [0.2, 0.25) is 0 Å². The van der Waals surface area contributed by atoms with Crippen molar-refractivity contribution in [1.82, 2.24) is 9.80 Å². The number of piperazine rings is 1. The van der Waals surface area contributed by atoms with Crippen LogP contribution < -0.4 is 15.5 Å². The molecule has 7 nitrogen and oxygen atoms in total. The van der Waals surface area contributed by atoms with Crippen LogP contribution in [0.4, 0.5) is 21.9 Å². The zero-order valence-electron chi connectivity index (χ0n) is 26.1. The third-order valence-corrected chi connectivity index (χ3v) is 9.00. The van der Waals surface area contributed by atoms with Crippen molar-refractivity contribution in [2.75, 3.05) is 54.8 Å². The molecule has 2 saturated heterocycles. The van der Waals surface area contributed by atoms with Crippen molar-refractivity contribution in [2.24, 2.45) is 0 Å². The molecule has 3 aromatic rings. The van der Waals surface area contributed by atoms with Gasteiger partial charge in [0.1, 0.15) is 0 Å². The van der Waals surface area contributed by atoms with E-state index in [9.17, 15) is 9.59 Å². The maximum Gasteiger partial charge on any atom is 0.321 e. The van der Waals surface area contributed by atoms with Gasteiger partial charge in [0.05, 0.1) is 0 Å². The maximum atomic E-state index is 13.2. The molecule has 3 aromatic carbocycles.